The maximum atomic E-state index is 12.6. The summed E-state index contributed by atoms with van der Waals surface area (Å²) < 4.78 is 16.2. The summed E-state index contributed by atoms with van der Waals surface area (Å²) in [5, 5.41) is 11.9. The van der Waals surface area contributed by atoms with Gasteiger partial charge < -0.3 is 24.6 Å². The molecule has 1 amide bonds. The third-order valence-corrected chi connectivity index (χ3v) is 5.21. The van der Waals surface area contributed by atoms with Gasteiger partial charge in [0.15, 0.2) is 11.5 Å². The van der Waals surface area contributed by atoms with Crippen molar-refractivity contribution in [3.8, 4) is 21.9 Å². The zero-order chi connectivity index (χ0) is 19.4. The first-order chi connectivity index (χ1) is 12.9. The Balaban J connectivity index is 1.76. The van der Waals surface area contributed by atoms with E-state index in [-0.39, 0.29) is 18.9 Å². The Morgan fingerprint density at radius 3 is 2.67 bits per heavy atom. The zero-order valence-corrected chi connectivity index (χ0v) is 15.9. The minimum atomic E-state index is -1.00. The quantitative estimate of drug-likeness (QED) is 0.754. The van der Waals surface area contributed by atoms with Crippen LogP contribution in [0.25, 0.3) is 10.4 Å². The van der Waals surface area contributed by atoms with Crippen molar-refractivity contribution in [3.05, 3.63) is 35.2 Å². The smallest absolute Gasteiger partial charge is 0.305 e. The predicted molar refractivity (Wildman–Crippen MR) is 101 cm³/mol. The maximum absolute atomic E-state index is 12.6. The van der Waals surface area contributed by atoms with Gasteiger partial charge in [0.1, 0.15) is 13.2 Å². The van der Waals surface area contributed by atoms with Crippen molar-refractivity contribution in [1.82, 2.24) is 5.32 Å². The number of carbonyl (C=O) groups excluding carboxylic acids is 1. The Labute approximate surface area is 160 Å². The van der Waals surface area contributed by atoms with Crippen molar-refractivity contribution in [3.63, 3.8) is 0 Å². The first-order valence-corrected chi connectivity index (χ1v) is 9.25. The molecule has 0 saturated heterocycles. The van der Waals surface area contributed by atoms with Crippen molar-refractivity contribution in [2.75, 3.05) is 26.9 Å². The van der Waals surface area contributed by atoms with E-state index in [0.29, 0.717) is 29.6 Å². The van der Waals surface area contributed by atoms with Crippen LogP contribution >= 0.6 is 11.3 Å². The highest BCUT2D eigenvalue weighted by Gasteiger charge is 2.30. The van der Waals surface area contributed by atoms with E-state index in [9.17, 15) is 9.59 Å². The third kappa shape index (κ3) is 4.58. The number of methoxy groups -OCH3 is 1. The molecule has 0 fully saturated rings. The summed E-state index contributed by atoms with van der Waals surface area (Å²) in [5.41, 5.74) is -0.0628. The Morgan fingerprint density at radius 2 is 1.96 bits per heavy atom. The summed E-state index contributed by atoms with van der Waals surface area (Å²) in [6.07, 6.45) is -0.229. The van der Waals surface area contributed by atoms with Crippen LogP contribution in [0.5, 0.6) is 11.5 Å². The summed E-state index contributed by atoms with van der Waals surface area (Å²) in [6, 6.07) is 9.24. The first-order valence-electron chi connectivity index (χ1n) is 8.43. The van der Waals surface area contributed by atoms with Crippen LogP contribution < -0.4 is 14.8 Å². The van der Waals surface area contributed by atoms with Gasteiger partial charge >= 0.3 is 5.97 Å². The van der Waals surface area contributed by atoms with Gasteiger partial charge in [0, 0.05) is 12.0 Å². The molecule has 1 aliphatic heterocycles. The lowest BCUT2D eigenvalue weighted by Crippen LogP contribution is -2.50. The van der Waals surface area contributed by atoms with Crippen LogP contribution in [-0.4, -0.2) is 49.5 Å². The van der Waals surface area contributed by atoms with Gasteiger partial charge in [0.2, 0.25) is 0 Å². The second kappa shape index (κ2) is 7.98. The van der Waals surface area contributed by atoms with E-state index >= 15 is 0 Å². The predicted octanol–water partition coefficient (Wildman–Crippen LogP) is 2.80. The highest BCUT2D eigenvalue weighted by molar-refractivity contribution is 7.17. The lowest BCUT2D eigenvalue weighted by Gasteiger charge is -2.28. The van der Waals surface area contributed by atoms with Crippen molar-refractivity contribution in [1.29, 1.82) is 0 Å². The van der Waals surface area contributed by atoms with E-state index in [1.165, 1.54) is 18.4 Å². The standard InChI is InChI=1S/C19H21NO6S/c1-19(11-24-2,10-17(21)22)20-18(23)16-6-5-15(27-16)12-3-4-13-14(9-12)26-8-7-25-13/h3-6,9H,7-8,10-11H2,1-2H3,(H,20,23)(H,21,22). The Hall–Kier alpha value is -2.58. The topological polar surface area (TPSA) is 94.1 Å². The number of nitrogens with one attached hydrogen (secondary N) is 1. The molecule has 1 aromatic heterocycles. The van der Waals surface area contributed by atoms with Crippen LogP contribution in [-0.2, 0) is 9.53 Å². The molecule has 2 aromatic rings. The van der Waals surface area contributed by atoms with Crippen molar-refractivity contribution >= 4 is 23.2 Å². The van der Waals surface area contributed by atoms with Crippen LogP contribution in [0.3, 0.4) is 0 Å². The number of carboxylic acid groups (broad SMARTS) is 1. The second-order valence-electron chi connectivity index (χ2n) is 6.54. The molecule has 0 saturated carbocycles. The zero-order valence-electron chi connectivity index (χ0n) is 15.1. The van der Waals surface area contributed by atoms with Gasteiger partial charge in [-0.3, -0.25) is 9.59 Å². The molecule has 0 radical (unpaired) electrons. The van der Waals surface area contributed by atoms with E-state index in [1.54, 1.807) is 13.0 Å². The number of fused-ring (bicyclic) bond motifs is 1. The minimum Gasteiger partial charge on any atom is -0.486 e. The average Bonchev–Trinajstić information content (AvgIpc) is 3.11. The number of amides is 1. The molecule has 7 nitrogen and oxygen atoms in total. The number of thiophene rings is 1. The highest BCUT2D eigenvalue weighted by Crippen LogP contribution is 2.37. The van der Waals surface area contributed by atoms with E-state index in [1.807, 2.05) is 24.3 Å². The summed E-state index contributed by atoms with van der Waals surface area (Å²) >= 11 is 1.33. The number of carboxylic acids is 1. The van der Waals surface area contributed by atoms with Crippen LogP contribution in [0.4, 0.5) is 0 Å². The van der Waals surface area contributed by atoms with Gasteiger partial charge in [-0.1, -0.05) is 0 Å². The van der Waals surface area contributed by atoms with Gasteiger partial charge in [0.05, 0.1) is 23.4 Å². The lowest BCUT2D eigenvalue weighted by molar-refractivity contribution is -0.139. The second-order valence-corrected chi connectivity index (χ2v) is 7.62. The normalized spacial score (nSPS) is 15.0. The number of carbonyl (C=O) groups is 2. The molecule has 0 aliphatic carbocycles. The number of rotatable bonds is 7. The van der Waals surface area contributed by atoms with E-state index in [2.05, 4.69) is 5.32 Å². The van der Waals surface area contributed by atoms with Gasteiger partial charge in [-0.2, -0.15) is 0 Å². The van der Waals surface area contributed by atoms with Crippen molar-refractivity contribution in [2.24, 2.45) is 0 Å². The highest BCUT2D eigenvalue weighted by atomic mass is 32.1. The number of ether oxygens (including phenoxy) is 3. The fourth-order valence-corrected chi connectivity index (χ4v) is 3.83. The van der Waals surface area contributed by atoms with E-state index in [0.717, 1.165) is 10.4 Å². The van der Waals surface area contributed by atoms with Crippen molar-refractivity contribution < 1.29 is 28.9 Å². The van der Waals surface area contributed by atoms with Crippen LogP contribution in [0, 0.1) is 0 Å². The van der Waals surface area contributed by atoms with E-state index in [4.69, 9.17) is 19.3 Å². The molecule has 27 heavy (non-hydrogen) atoms. The molecule has 1 unspecified atom stereocenters. The van der Waals surface area contributed by atoms with Gasteiger partial charge in [-0.25, -0.2) is 0 Å². The maximum Gasteiger partial charge on any atom is 0.305 e. The minimum absolute atomic E-state index is 0.103. The number of benzene rings is 1. The molecule has 0 bridgehead atoms. The summed E-state index contributed by atoms with van der Waals surface area (Å²) in [4.78, 5) is 25.1. The Bertz CT molecular complexity index is 848. The number of aliphatic carboxylic acids is 1. The first kappa shape index (κ1) is 19.2. The van der Waals surface area contributed by atoms with Gasteiger partial charge in [0.25, 0.3) is 5.91 Å². The molecule has 1 aromatic carbocycles. The largest absolute Gasteiger partial charge is 0.486 e. The molecule has 0 spiro atoms. The Kier molecular flexibility index (Phi) is 5.67. The molecular formula is C19H21NO6S. The molecule has 3 rings (SSSR count). The van der Waals surface area contributed by atoms with Crippen molar-refractivity contribution in [2.45, 2.75) is 18.9 Å². The fraction of sp³-hybridized carbons (Fsp3) is 0.368. The summed E-state index contributed by atoms with van der Waals surface area (Å²) in [7, 11) is 1.47. The molecule has 8 heteroatoms. The monoisotopic (exact) mass is 391 g/mol. The number of hydrogen-bond donors (Lipinski definition) is 2. The van der Waals surface area contributed by atoms with Crippen LogP contribution in [0.15, 0.2) is 30.3 Å². The average molecular weight is 391 g/mol. The molecular weight excluding hydrogens is 370 g/mol. The fourth-order valence-electron chi connectivity index (χ4n) is 2.93. The van der Waals surface area contributed by atoms with E-state index < -0.39 is 11.5 Å². The summed E-state index contributed by atoms with van der Waals surface area (Å²) in [5.74, 6) is 0.0680. The molecule has 144 valence electrons. The molecule has 1 atom stereocenters. The Morgan fingerprint density at radius 1 is 1.22 bits per heavy atom. The van der Waals surface area contributed by atoms with Crippen LogP contribution in [0.2, 0.25) is 0 Å². The molecule has 1 aliphatic rings. The van der Waals surface area contributed by atoms with Gasteiger partial charge in [-0.15, -0.1) is 11.3 Å². The lowest BCUT2D eigenvalue weighted by atomic mass is 9.99. The molecule has 2 N–H and O–H groups in total. The summed E-state index contributed by atoms with van der Waals surface area (Å²) in [6.45, 7) is 2.80. The number of hydrogen-bond acceptors (Lipinski definition) is 6. The molecule has 2 heterocycles. The SMILES string of the molecule is COCC(C)(CC(=O)O)NC(=O)c1ccc(-c2ccc3c(c2)OCCO3)s1. The third-order valence-electron chi connectivity index (χ3n) is 4.08. The van der Waals surface area contributed by atoms with Gasteiger partial charge in [-0.05, 0) is 42.8 Å². The van der Waals surface area contributed by atoms with Crippen LogP contribution in [0.1, 0.15) is 23.0 Å².